The first-order valence-electron chi connectivity index (χ1n) is 8.41. The number of hydrogen-bond donors (Lipinski definition) is 3. The fraction of sp³-hybridized carbons (Fsp3) is 0.211. The second kappa shape index (κ2) is 10.7. The van der Waals surface area contributed by atoms with Crippen LogP contribution in [0.4, 0.5) is 0 Å². The summed E-state index contributed by atoms with van der Waals surface area (Å²) < 4.78 is 15.7. The zero-order chi connectivity index (χ0) is 20.4. The summed E-state index contributed by atoms with van der Waals surface area (Å²) in [5.74, 6) is 0.888. The van der Waals surface area contributed by atoms with Crippen molar-refractivity contribution < 1.29 is 23.8 Å². The van der Waals surface area contributed by atoms with Gasteiger partial charge in [-0.05, 0) is 61.6 Å². The highest BCUT2D eigenvalue weighted by molar-refractivity contribution is 7.80. The predicted octanol–water partition coefficient (Wildman–Crippen LogP) is 1.81. The molecule has 2 aromatic carbocycles. The zero-order valence-corrected chi connectivity index (χ0v) is 16.3. The van der Waals surface area contributed by atoms with Gasteiger partial charge >= 0.3 is 0 Å². The van der Waals surface area contributed by atoms with Crippen molar-refractivity contribution in [2.24, 2.45) is 0 Å². The molecule has 0 aliphatic heterocycles. The molecule has 0 radical (unpaired) electrons. The van der Waals surface area contributed by atoms with Crippen molar-refractivity contribution in [3.8, 4) is 17.2 Å². The topological polar surface area (TPSA) is 97.9 Å². The van der Waals surface area contributed by atoms with E-state index in [4.69, 9.17) is 26.4 Å². The third-order valence-corrected chi connectivity index (χ3v) is 3.58. The molecule has 0 aromatic heterocycles. The summed E-state index contributed by atoms with van der Waals surface area (Å²) in [7, 11) is 1.56. The maximum atomic E-state index is 12.2. The molecule has 8 nitrogen and oxygen atoms in total. The van der Waals surface area contributed by atoms with Crippen LogP contribution in [0.3, 0.4) is 0 Å². The van der Waals surface area contributed by atoms with Crippen LogP contribution in [0, 0.1) is 0 Å². The number of benzene rings is 2. The van der Waals surface area contributed by atoms with Crippen LogP contribution >= 0.6 is 12.2 Å². The lowest BCUT2D eigenvalue weighted by Gasteiger charge is -2.12. The maximum Gasteiger partial charge on any atom is 0.276 e. The number of nitrogens with one attached hydrogen (secondary N) is 3. The van der Waals surface area contributed by atoms with E-state index in [1.54, 1.807) is 55.6 Å². The number of carbonyl (C=O) groups is 2. The summed E-state index contributed by atoms with van der Waals surface area (Å²) in [4.78, 5) is 24.0. The SMILES string of the molecule is CCOc1cccc(C(=O)NC(=S)NNC(=O)COc2ccc(OC)cc2)c1. The number of methoxy groups -OCH3 is 1. The second-order valence-electron chi connectivity index (χ2n) is 5.38. The molecule has 9 heteroatoms. The van der Waals surface area contributed by atoms with Gasteiger partial charge in [0.15, 0.2) is 11.7 Å². The normalized spacial score (nSPS) is 9.79. The second-order valence-corrected chi connectivity index (χ2v) is 5.79. The number of hydrazine groups is 1. The average molecular weight is 403 g/mol. The van der Waals surface area contributed by atoms with Gasteiger partial charge in [0.25, 0.3) is 11.8 Å². The summed E-state index contributed by atoms with van der Waals surface area (Å²) in [6, 6.07) is 13.5. The number of amides is 2. The van der Waals surface area contributed by atoms with Gasteiger partial charge in [-0.3, -0.25) is 25.8 Å². The molecule has 0 heterocycles. The van der Waals surface area contributed by atoms with Crippen molar-refractivity contribution in [1.82, 2.24) is 16.2 Å². The number of rotatable bonds is 7. The van der Waals surface area contributed by atoms with E-state index < -0.39 is 11.8 Å². The molecule has 0 unspecified atom stereocenters. The number of thiocarbonyl (C=S) groups is 1. The number of carbonyl (C=O) groups excluding carboxylic acids is 2. The predicted molar refractivity (Wildman–Crippen MR) is 107 cm³/mol. The van der Waals surface area contributed by atoms with Gasteiger partial charge in [0.1, 0.15) is 17.2 Å². The smallest absolute Gasteiger partial charge is 0.276 e. The van der Waals surface area contributed by atoms with Crippen molar-refractivity contribution in [1.29, 1.82) is 0 Å². The van der Waals surface area contributed by atoms with Gasteiger partial charge in [-0.25, -0.2) is 0 Å². The van der Waals surface area contributed by atoms with Crippen molar-refractivity contribution in [3.63, 3.8) is 0 Å². The molecule has 0 aliphatic rings. The van der Waals surface area contributed by atoms with E-state index >= 15 is 0 Å². The molecule has 0 saturated heterocycles. The standard InChI is InChI=1S/C19H21N3O5S/c1-3-26-16-6-4-5-13(11-16)18(24)20-19(28)22-21-17(23)12-27-15-9-7-14(25-2)8-10-15/h4-11H,3,12H2,1-2H3,(H,21,23)(H2,20,22,24,28). The summed E-state index contributed by atoms with van der Waals surface area (Å²) in [5, 5.41) is 2.41. The Balaban J connectivity index is 1.74. The van der Waals surface area contributed by atoms with Gasteiger partial charge in [0.05, 0.1) is 13.7 Å². The van der Waals surface area contributed by atoms with E-state index in [0.29, 0.717) is 29.4 Å². The van der Waals surface area contributed by atoms with Gasteiger partial charge < -0.3 is 14.2 Å². The van der Waals surface area contributed by atoms with E-state index in [-0.39, 0.29) is 11.7 Å². The Morgan fingerprint density at radius 1 is 0.964 bits per heavy atom. The van der Waals surface area contributed by atoms with E-state index in [1.807, 2.05) is 6.92 Å². The largest absolute Gasteiger partial charge is 0.497 e. The van der Waals surface area contributed by atoms with Gasteiger partial charge in [0.2, 0.25) is 0 Å². The van der Waals surface area contributed by atoms with Crippen LogP contribution in [0.25, 0.3) is 0 Å². The zero-order valence-electron chi connectivity index (χ0n) is 15.5. The van der Waals surface area contributed by atoms with Crippen molar-refractivity contribution in [2.45, 2.75) is 6.92 Å². The summed E-state index contributed by atoms with van der Waals surface area (Å²) in [6.45, 7) is 2.12. The van der Waals surface area contributed by atoms with Gasteiger partial charge in [-0.15, -0.1) is 0 Å². The molecule has 0 spiro atoms. The molecule has 0 saturated carbocycles. The molecule has 0 aliphatic carbocycles. The molecule has 0 bridgehead atoms. The molecule has 148 valence electrons. The lowest BCUT2D eigenvalue weighted by molar-refractivity contribution is -0.123. The maximum absolute atomic E-state index is 12.2. The highest BCUT2D eigenvalue weighted by Crippen LogP contribution is 2.16. The van der Waals surface area contributed by atoms with Crippen molar-refractivity contribution in [3.05, 3.63) is 54.1 Å². The third kappa shape index (κ3) is 6.76. The minimum atomic E-state index is -0.467. The first-order chi connectivity index (χ1) is 13.5. The van der Waals surface area contributed by atoms with Gasteiger partial charge in [-0.1, -0.05) is 6.07 Å². The molecular formula is C19H21N3O5S. The first kappa shape index (κ1) is 21.0. The Kier molecular flexibility index (Phi) is 8.04. The summed E-state index contributed by atoms with van der Waals surface area (Å²) in [6.07, 6.45) is 0. The van der Waals surface area contributed by atoms with Crippen LogP contribution in [0.5, 0.6) is 17.2 Å². The fourth-order valence-electron chi connectivity index (χ4n) is 2.08. The van der Waals surface area contributed by atoms with Crippen LogP contribution in [-0.4, -0.2) is 37.3 Å². The highest BCUT2D eigenvalue weighted by atomic mass is 32.1. The molecule has 2 rings (SSSR count). The van der Waals surface area contributed by atoms with E-state index in [0.717, 1.165) is 0 Å². The Bertz CT molecular complexity index is 827. The highest BCUT2D eigenvalue weighted by Gasteiger charge is 2.10. The van der Waals surface area contributed by atoms with Crippen molar-refractivity contribution in [2.75, 3.05) is 20.3 Å². The van der Waals surface area contributed by atoms with Crippen LogP contribution < -0.4 is 30.4 Å². The Morgan fingerprint density at radius 3 is 2.36 bits per heavy atom. The average Bonchev–Trinajstić information content (AvgIpc) is 2.71. The van der Waals surface area contributed by atoms with E-state index in [2.05, 4.69) is 16.2 Å². The van der Waals surface area contributed by atoms with Crippen LogP contribution in [-0.2, 0) is 4.79 Å². The molecule has 0 fully saturated rings. The lowest BCUT2D eigenvalue weighted by Crippen LogP contribution is -2.49. The Hall–Kier alpha value is -3.33. The molecule has 2 amide bonds. The third-order valence-electron chi connectivity index (χ3n) is 3.38. The molecule has 3 N–H and O–H groups in total. The van der Waals surface area contributed by atoms with Crippen LogP contribution in [0.2, 0.25) is 0 Å². The molecule has 2 aromatic rings. The van der Waals surface area contributed by atoms with Crippen LogP contribution in [0.15, 0.2) is 48.5 Å². The molecule has 0 atom stereocenters. The minimum Gasteiger partial charge on any atom is -0.497 e. The number of ether oxygens (including phenoxy) is 3. The van der Waals surface area contributed by atoms with Crippen molar-refractivity contribution >= 4 is 29.1 Å². The van der Waals surface area contributed by atoms with Gasteiger partial charge in [-0.2, -0.15) is 0 Å². The molecule has 28 heavy (non-hydrogen) atoms. The number of hydrogen-bond acceptors (Lipinski definition) is 6. The molecular weight excluding hydrogens is 382 g/mol. The first-order valence-corrected chi connectivity index (χ1v) is 8.82. The van der Waals surface area contributed by atoms with Crippen LogP contribution in [0.1, 0.15) is 17.3 Å². The Labute approximate surface area is 168 Å². The minimum absolute atomic E-state index is 0.0513. The Morgan fingerprint density at radius 2 is 1.68 bits per heavy atom. The monoisotopic (exact) mass is 403 g/mol. The quantitative estimate of drug-likeness (QED) is 0.479. The lowest BCUT2D eigenvalue weighted by atomic mass is 10.2. The van der Waals surface area contributed by atoms with E-state index in [1.165, 1.54) is 0 Å². The van der Waals surface area contributed by atoms with Gasteiger partial charge in [0, 0.05) is 5.56 Å². The summed E-state index contributed by atoms with van der Waals surface area (Å²) >= 11 is 4.99. The summed E-state index contributed by atoms with van der Waals surface area (Å²) in [5.41, 5.74) is 5.17. The fourth-order valence-corrected chi connectivity index (χ4v) is 2.23. The van der Waals surface area contributed by atoms with E-state index in [9.17, 15) is 9.59 Å².